The van der Waals surface area contributed by atoms with Crippen LogP contribution in [0.1, 0.15) is 81.8 Å². The first-order valence-corrected chi connectivity index (χ1v) is 12.8. The number of hydrogen-bond donors (Lipinski definition) is 0. The second kappa shape index (κ2) is 11.1. The summed E-state index contributed by atoms with van der Waals surface area (Å²) in [6.45, 7) is 7.01. The fourth-order valence-electron chi connectivity index (χ4n) is 4.77. The zero-order valence-corrected chi connectivity index (χ0v) is 20.5. The smallest absolute Gasteiger partial charge is 0.145 e. The quantitative estimate of drug-likeness (QED) is 0.381. The molecule has 1 saturated heterocycles. The Morgan fingerprint density at radius 3 is 2.42 bits per heavy atom. The van der Waals surface area contributed by atoms with Gasteiger partial charge in [0.1, 0.15) is 17.3 Å². The Labute approximate surface area is 199 Å². The van der Waals surface area contributed by atoms with Crippen LogP contribution >= 0.6 is 0 Å². The van der Waals surface area contributed by atoms with Crippen LogP contribution in [0.4, 0.5) is 5.69 Å². The van der Waals surface area contributed by atoms with Crippen molar-refractivity contribution in [2.75, 3.05) is 31.7 Å². The van der Waals surface area contributed by atoms with E-state index in [4.69, 9.17) is 9.47 Å². The van der Waals surface area contributed by atoms with Gasteiger partial charge in [-0.15, -0.1) is 0 Å². The van der Waals surface area contributed by atoms with Crippen molar-refractivity contribution < 1.29 is 14.3 Å². The molecule has 1 aliphatic heterocycles. The molecular weight excluding hydrogens is 410 g/mol. The summed E-state index contributed by atoms with van der Waals surface area (Å²) in [7, 11) is 1.74. The van der Waals surface area contributed by atoms with E-state index in [1.165, 1.54) is 18.4 Å². The van der Waals surface area contributed by atoms with Crippen LogP contribution in [-0.2, 0) is 4.79 Å². The van der Waals surface area contributed by atoms with Crippen LogP contribution < -0.4 is 14.4 Å². The number of anilines is 1. The predicted molar refractivity (Wildman–Crippen MR) is 135 cm³/mol. The second-order valence-electron chi connectivity index (χ2n) is 9.81. The first kappa shape index (κ1) is 23.7. The fraction of sp³-hybridized carbons (Fsp3) is 0.552. The monoisotopic (exact) mass is 449 g/mol. The number of hydrogen-bond acceptors (Lipinski definition) is 4. The van der Waals surface area contributed by atoms with Gasteiger partial charge in [-0.2, -0.15) is 0 Å². The van der Waals surface area contributed by atoms with E-state index in [0.717, 1.165) is 74.0 Å². The topological polar surface area (TPSA) is 38.8 Å². The lowest BCUT2D eigenvalue weighted by Crippen LogP contribution is -2.33. The molecule has 1 saturated carbocycles. The lowest BCUT2D eigenvalue weighted by Gasteiger charge is -2.34. The van der Waals surface area contributed by atoms with Crippen molar-refractivity contribution in [2.45, 2.75) is 70.6 Å². The molecule has 0 radical (unpaired) electrons. The molecule has 0 aromatic heterocycles. The highest BCUT2D eigenvalue weighted by atomic mass is 16.5. The number of ether oxygens (including phenoxy) is 2. The molecule has 1 aliphatic carbocycles. The Kier molecular flexibility index (Phi) is 7.95. The summed E-state index contributed by atoms with van der Waals surface area (Å²) in [6, 6.07) is 15.1. The van der Waals surface area contributed by atoms with E-state index in [1.807, 2.05) is 13.0 Å². The normalized spacial score (nSPS) is 17.6. The van der Waals surface area contributed by atoms with Crippen molar-refractivity contribution >= 4 is 11.5 Å². The Morgan fingerprint density at radius 2 is 1.79 bits per heavy atom. The molecule has 4 heteroatoms. The maximum absolute atomic E-state index is 12.4. The van der Waals surface area contributed by atoms with Gasteiger partial charge in [-0.3, -0.25) is 4.79 Å². The number of carbonyl (C=O) groups is 1. The van der Waals surface area contributed by atoms with Gasteiger partial charge < -0.3 is 14.4 Å². The van der Waals surface area contributed by atoms with Crippen LogP contribution in [0.15, 0.2) is 42.5 Å². The van der Waals surface area contributed by atoms with Crippen molar-refractivity contribution in [3.8, 4) is 11.5 Å². The van der Waals surface area contributed by atoms with E-state index >= 15 is 0 Å². The lowest BCUT2D eigenvalue weighted by atomic mass is 9.87. The van der Waals surface area contributed by atoms with Crippen LogP contribution in [0, 0.1) is 5.92 Å². The number of Topliss-reactive ketones (excluding diaryl/α,β-unsaturated/α-hetero) is 1. The number of ketones is 1. The second-order valence-corrected chi connectivity index (χ2v) is 9.81. The van der Waals surface area contributed by atoms with Crippen molar-refractivity contribution in [3.63, 3.8) is 0 Å². The third kappa shape index (κ3) is 6.10. The minimum atomic E-state index is -0.00358. The molecule has 0 amide bonds. The van der Waals surface area contributed by atoms with Gasteiger partial charge in [0.05, 0.1) is 19.4 Å². The van der Waals surface area contributed by atoms with Gasteiger partial charge in [0, 0.05) is 31.5 Å². The van der Waals surface area contributed by atoms with E-state index in [1.54, 1.807) is 7.11 Å². The van der Waals surface area contributed by atoms with Gasteiger partial charge in [0.25, 0.3) is 0 Å². The van der Waals surface area contributed by atoms with Crippen LogP contribution in [0.5, 0.6) is 11.5 Å². The Balaban J connectivity index is 1.33. The van der Waals surface area contributed by atoms with Gasteiger partial charge in [-0.05, 0) is 67.2 Å². The molecule has 1 atom stereocenters. The number of benzene rings is 2. The van der Waals surface area contributed by atoms with Gasteiger partial charge in [0.2, 0.25) is 0 Å². The van der Waals surface area contributed by atoms with Crippen LogP contribution in [0.25, 0.3) is 0 Å². The van der Waals surface area contributed by atoms with Gasteiger partial charge >= 0.3 is 0 Å². The molecule has 33 heavy (non-hydrogen) atoms. The van der Waals surface area contributed by atoms with Gasteiger partial charge in [-0.1, -0.05) is 44.5 Å². The van der Waals surface area contributed by atoms with E-state index < -0.39 is 0 Å². The third-order valence-electron chi connectivity index (χ3n) is 7.34. The number of piperidine rings is 1. The van der Waals surface area contributed by atoms with E-state index in [0.29, 0.717) is 18.1 Å². The SMILES string of the molecule is CCCCC(=O)C(C)c1ccc(C2CCN(c3ccc(OCC4CC4)cc3OC)CC2)cc1. The summed E-state index contributed by atoms with van der Waals surface area (Å²) >= 11 is 0. The first-order chi connectivity index (χ1) is 16.1. The van der Waals surface area contributed by atoms with Crippen molar-refractivity contribution in [1.29, 1.82) is 0 Å². The number of methoxy groups -OCH3 is 1. The summed E-state index contributed by atoms with van der Waals surface area (Å²) in [5, 5.41) is 0. The summed E-state index contributed by atoms with van der Waals surface area (Å²) < 4.78 is 11.6. The van der Waals surface area contributed by atoms with Crippen LogP contribution in [0.3, 0.4) is 0 Å². The largest absolute Gasteiger partial charge is 0.494 e. The molecule has 2 aromatic rings. The summed E-state index contributed by atoms with van der Waals surface area (Å²) in [5.41, 5.74) is 3.69. The molecule has 4 nitrogen and oxygen atoms in total. The molecule has 2 fully saturated rings. The first-order valence-electron chi connectivity index (χ1n) is 12.8. The molecule has 0 bridgehead atoms. The third-order valence-corrected chi connectivity index (χ3v) is 7.34. The lowest BCUT2D eigenvalue weighted by molar-refractivity contribution is -0.120. The number of nitrogens with zero attached hydrogens (tertiary/aromatic N) is 1. The summed E-state index contributed by atoms with van der Waals surface area (Å²) in [6.07, 6.45) is 7.57. The molecule has 0 spiro atoms. The van der Waals surface area contributed by atoms with Gasteiger partial charge in [-0.25, -0.2) is 0 Å². The average Bonchev–Trinajstić information content (AvgIpc) is 3.70. The van der Waals surface area contributed by atoms with E-state index in [2.05, 4.69) is 48.2 Å². The average molecular weight is 450 g/mol. The molecule has 0 N–H and O–H groups in total. The molecule has 4 rings (SSSR count). The number of carbonyl (C=O) groups excluding carboxylic acids is 1. The van der Waals surface area contributed by atoms with Crippen LogP contribution in [-0.4, -0.2) is 32.6 Å². The molecule has 2 aromatic carbocycles. The molecular formula is C29H39NO3. The predicted octanol–water partition coefficient (Wildman–Crippen LogP) is 6.73. The maximum atomic E-state index is 12.4. The zero-order chi connectivity index (χ0) is 23.2. The molecule has 1 unspecified atom stereocenters. The zero-order valence-electron chi connectivity index (χ0n) is 20.5. The van der Waals surface area contributed by atoms with Crippen molar-refractivity contribution in [3.05, 3.63) is 53.6 Å². The maximum Gasteiger partial charge on any atom is 0.145 e. The van der Waals surface area contributed by atoms with E-state index in [-0.39, 0.29) is 5.92 Å². The van der Waals surface area contributed by atoms with Gasteiger partial charge in [0.15, 0.2) is 0 Å². The standard InChI is InChI=1S/C29H39NO3/c1-4-5-6-28(31)21(2)23-9-11-24(12-10-23)25-15-17-30(18-16-25)27-14-13-26(19-29(27)32-3)33-20-22-7-8-22/h9-14,19,21-22,25H,4-8,15-18,20H2,1-3H3. The summed E-state index contributed by atoms with van der Waals surface area (Å²) in [5.74, 6) is 3.46. The highest BCUT2D eigenvalue weighted by molar-refractivity contribution is 5.85. The fourth-order valence-corrected chi connectivity index (χ4v) is 4.77. The molecule has 2 aliphatic rings. The Hall–Kier alpha value is -2.49. The molecule has 1 heterocycles. The van der Waals surface area contributed by atoms with Crippen LogP contribution in [0.2, 0.25) is 0 Å². The van der Waals surface area contributed by atoms with Crippen molar-refractivity contribution in [1.82, 2.24) is 0 Å². The minimum absolute atomic E-state index is 0.00358. The molecule has 178 valence electrons. The minimum Gasteiger partial charge on any atom is -0.494 e. The number of rotatable bonds is 11. The Morgan fingerprint density at radius 1 is 1.06 bits per heavy atom. The highest BCUT2D eigenvalue weighted by Gasteiger charge is 2.25. The Bertz CT molecular complexity index is 911. The highest BCUT2D eigenvalue weighted by Crippen LogP contribution is 2.38. The van der Waals surface area contributed by atoms with E-state index in [9.17, 15) is 4.79 Å². The number of unbranched alkanes of at least 4 members (excludes halogenated alkanes) is 1. The summed E-state index contributed by atoms with van der Waals surface area (Å²) in [4.78, 5) is 14.8. The van der Waals surface area contributed by atoms with Crippen molar-refractivity contribution in [2.24, 2.45) is 5.92 Å².